The highest BCUT2D eigenvalue weighted by atomic mass is 16.1. The Morgan fingerprint density at radius 2 is 2.67 bits per heavy atom. The van der Waals surface area contributed by atoms with E-state index >= 15 is 0 Å². The van der Waals surface area contributed by atoms with Gasteiger partial charge in [0.2, 0.25) is 0 Å². The number of nitrogens with zero attached hydrogens (tertiary/aromatic N) is 3. The van der Waals surface area contributed by atoms with Gasteiger partial charge in [-0.1, -0.05) is 5.21 Å². The quantitative estimate of drug-likeness (QED) is 0.503. The predicted octanol–water partition coefficient (Wildman–Crippen LogP) is -0.444. The Morgan fingerprint density at radius 1 is 1.89 bits per heavy atom. The first-order chi connectivity index (χ1) is 4.34. The molecule has 1 aromatic rings. The van der Waals surface area contributed by atoms with Gasteiger partial charge in [-0.25, -0.2) is 0 Å². The number of aromatic nitrogens is 3. The lowest BCUT2D eigenvalue weighted by atomic mass is 10.4. The average molecular weight is 125 g/mol. The molecule has 0 aliphatic rings. The van der Waals surface area contributed by atoms with E-state index in [1.54, 1.807) is 17.9 Å². The predicted molar refractivity (Wildman–Crippen MR) is 30.8 cm³/mol. The van der Waals surface area contributed by atoms with Gasteiger partial charge in [0.05, 0.1) is 11.9 Å². The fraction of sp³-hybridized carbons (Fsp3) is 0.400. The Bertz CT molecular complexity index is 206. The Labute approximate surface area is 52.5 Å². The fourth-order valence-corrected chi connectivity index (χ4v) is 0.581. The third-order valence-corrected chi connectivity index (χ3v) is 1.10. The fourth-order valence-electron chi connectivity index (χ4n) is 0.581. The molecule has 1 rings (SSSR count). The van der Waals surface area contributed by atoms with Gasteiger partial charge in [0.1, 0.15) is 6.29 Å². The molecule has 0 aromatic carbocycles. The summed E-state index contributed by atoms with van der Waals surface area (Å²) in [5.41, 5.74) is 0.838. The number of hydrogen-bond acceptors (Lipinski definition) is 3. The van der Waals surface area contributed by atoms with Crippen molar-refractivity contribution in [2.75, 3.05) is 0 Å². The average Bonchev–Trinajstić information content (AvgIpc) is 2.18. The molecule has 0 N–H and O–H groups in total. The summed E-state index contributed by atoms with van der Waals surface area (Å²) in [5.74, 6) is 0. The van der Waals surface area contributed by atoms with Crippen molar-refractivity contribution in [2.24, 2.45) is 7.05 Å². The van der Waals surface area contributed by atoms with Crippen LogP contribution in [0.3, 0.4) is 0 Å². The van der Waals surface area contributed by atoms with Gasteiger partial charge in [0, 0.05) is 13.5 Å². The van der Waals surface area contributed by atoms with Crippen LogP contribution in [0, 0.1) is 0 Å². The molecule has 0 fully saturated rings. The molecular formula is C5H7N3O. The number of hydrogen-bond donors (Lipinski definition) is 0. The van der Waals surface area contributed by atoms with E-state index in [1.807, 2.05) is 0 Å². The van der Waals surface area contributed by atoms with Crippen molar-refractivity contribution in [3.8, 4) is 0 Å². The second kappa shape index (κ2) is 2.39. The Morgan fingerprint density at radius 3 is 3.11 bits per heavy atom. The minimum absolute atomic E-state index is 0.392. The van der Waals surface area contributed by atoms with E-state index in [0.29, 0.717) is 6.42 Å². The molecule has 0 bridgehead atoms. The van der Waals surface area contributed by atoms with Gasteiger partial charge in [-0.05, 0) is 0 Å². The van der Waals surface area contributed by atoms with Gasteiger partial charge < -0.3 is 4.79 Å². The highest BCUT2D eigenvalue weighted by Crippen LogP contribution is 1.90. The van der Waals surface area contributed by atoms with Crippen LogP contribution in [-0.4, -0.2) is 21.3 Å². The molecule has 0 aliphatic heterocycles. The molecule has 0 saturated carbocycles. The summed E-state index contributed by atoms with van der Waals surface area (Å²) < 4.78 is 1.58. The van der Waals surface area contributed by atoms with E-state index in [1.165, 1.54) is 0 Å². The smallest absolute Gasteiger partial charge is 0.125 e. The second-order valence-corrected chi connectivity index (χ2v) is 1.72. The van der Waals surface area contributed by atoms with Crippen LogP contribution >= 0.6 is 0 Å². The zero-order chi connectivity index (χ0) is 6.69. The molecule has 0 aliphatic carbocycles. The number of rotatable bonds is 2. The highest BCUT2D eigenvalue weighted by Gasteiger charge is 1.95. The monoisotopic (exact) mass is 125 g/mol. The van der Waals surface area contributed by atoms with E-state index in [9.17, 15) is 4.79 Å². The van der Waals surface area contributed by atoms with Gasteiger partial charge in [-0.2, -0.15) is 0 Å². The summed E-state index contributed by atoms with van der Waals surface area (Å²) in [6.45, 7) is 0. The van der Waals surface area contributed by atoms with Crippen LogP contribution in [0.15, 0.2) is 6.20 Å². The Balaban J connectivity index is 2.80. The first kappa shape index (κ1) is 5.94. The molecule has 9 heavy (non-hydrogen) atoms. The molecule has 0 unspecified atom stereocenters. The zero-order valence-electron chi connectivity index (χ0n) is 5.11. The van der Waals surface area contributed by atoms with Gasteiger partial charge >= 0.3 is 0 Å². The van der Waals surface area contributed by atoms with Crippen molar-refractivity contribution in [2.45, 2.75) is 6.42 Å². The largest absolute Gasteiger partial charge is 0.303 e. The lowest BCUT2D eigenvalue weighted by Crippen LogP contribution is -1.98. The summed E-state index contributed by atoms with van der Waals surface area (Å²) >= 11 is 0. The van der Waals surface area contributed by atoms with Crippen LogP contribution in [0.5, 0.6) is 0 Å². The summed E-state index contributed by atoms with van der Waals surface area (Å²) in [7, 11) is 1.76. The molecule has 0 saturated heterocycles. The van der Waals surface area contributed by atoms with Crippen molar-refractivity contribution in [1.29, 1.82) is 0 Å². The van der Waals surface area contributed by atoms with Crippen molar-refractivity contribution >= 4 is 6.29 Å². The van der Waals surface area contributed by atoms with Gasteiger partial charge in [0.15, 0.2) is 0 Å². The van der Waals surface area contributed by atoms with E-state index in [0.717, 1.165) is 12.0 Å². The summed E-state index contributed by atoms with van der Waals surface area (Å²) in [6.07, 6.45) is 2.80. The Hall–Kier alpha value is -1.19. The van der Waals surface area contributed by atoms with E-state index < -0.39 is 0 Å². The number of carbonyl (C=O) groups is 1. The zero-order valence-corrected chi connectivity index (χ0v) is 5.11. The van der Waals surface area contributed by atoms with E-state index in [-0.39, 0.29) is 0 Å². The molecule has 4 heteroatoms. The van der Waals surface area contributed by atoms with Crippen molar-refractivity contribution in [3.05, 3.63) is 11.9 Å². The first-order valence-corrected chi connectivity index (χ1v) is 2.62. The van der Waals surface area contributed by atoms with Crippen molar-refractivity contribution in [1.82, 2.24) is 15.0 Å². The van der Waals surface area contributed by atoms with Crippen LogP contribution < -0.4 is 0 Å². The highest BCUT2D eigenvalue weighted by molar-refractivity contribution is 5.53. The molecule has 1 heterocycles. The topological polar surface area (TPSA) is 47.8 Å². The first-order valence-electron chi connectivity index (χ1n) is 2.62. The van der Waals surface area contributed by atoms with Gasteiger partial charge in [-0.3, -0.25) is 4.68 Å². The van der Waals surface area contributed by atoms with Crippen LogP contribution in [-0.2, 0) is 18.3 Å². The number of carbonyl (C=O) groups excluding carboxylic acids is 1. The third kappa shape index (κ3) is 1.13. The molecule has 0 radical (unpaired) electrons. The molecule has 48 valence electrons. The maximum atomic E-state index is 9.96. The van der Waals surface area contributed by atoms with Crippen LogP contribution in [0.2, 0.25) is 0 Å². The molecule has 0 amide bonds. The maximum absolute atomic E-state index is 9.96. The standard InChI is InChI=1S/C5H7N3O/c1-8-5(2-3-9)4-6-7-8/h3-4H,2H2,1H3. The Kier molecular flexibility index (Phi) is 1.58. The van der Waals surface area contributed by atoms with Crippen LogP contribution in [0.25, 0.3) is 0 Å². The molecule has 0 atom stereocenters. The minimum Gasteiger partial charge on any atom is -0.303 e. The van der Waals surface area contributed by atoms with Crippen LogP contribution in [0.4, 0.5) is 0 Å². The lowest BCUT2D eigenvalue weighted by Gasteiger charge is -1.89. The molecular weight excluding hydrogens is 118 g/mol. The van der Waals surface area contributed by atoms with E-state index in [4.69, 9.17) is 0 Å². The van der Waals surface area contributed by atoms with Gasteiger partial charge in [-0.15, -0.1) is 5.10 Å². The van der Waals surface area contributed by atoms with Crippen molar-refractivity contribution in [3.63, 3.8) is 0 Å². The number of aldehydes is 1. The third-order valence-electron chi connectivity index (χ3n) is 1.10. The molecule has 1 aromatic heterocycles. The van der Waals surface area contributed by atoms with Gasteiger partial charge in [0.25, 0.3) is 0 Å². The second-order valence-electron chi connectivity index (χ2n) is 1.72. The summed E-state index contributed by atoms with van der Waals surface area (Å²) in [6, 6.07) is 0. The SMILES string of the molecule is Cn1nncc1CC=O. The molecule has 0 spiro atoms. The van der Waals surface area contributed by atoms with Crippen molar-refractivity contribution < 1.29 is 4.79 Å². The lowest BCUT2D eigenvalue weighted by molar-refractivity contribution is -0.107. The number of aryl methyl sites for hydroxylation is 1. The normalized spacial score (nSPS) is 9.44. The van der Waals surface area contributed by atoms with E-state index in [2.05, 4.69) is 10.3 Å². The summed E-state index contributed by atoms with van der Waals surface area (Å²) in [5, 5.41) is 7.24. The molecule has 4 nitrogen and oxygen atoms in total. The van der Waals surface area contributed by atoms with Crippen LogP contribution in [0.1, 0.15) is 5.69 Å². The minimum atomic E-state index is 0.392. The summed E-state index contributed by atoms with van der Waals surface area (Å²) in [4.78, 5) is 9.96. The maximum Gasteiger partial charge on any atom is 0.125 e.